The van der Waals surface area contributed by atoms with Gasteiger partial charge in [-0.3, -0.25) is 9.69 Å². The summed E-state index contributed by atoms with van der Waals surface area (Å²) in [5.41, 5.74) is 1.43. The van der Waals surface area contributed by atoms with Gasteiger partial charge in [-0.15, -0.1) is 0 Å². The number of amides is 1. The predicted molar refractivity (Wildman–Crippen MR) is 103 cm³/mol. The van der Waals surface area contributed by atoms with Crippen molar-refractivity contribution >= 4 is 32.6 Å². The van der Waals surface area contributed by atoms with Gasteiger partial charge in [-0.1, -0.05) is 22.6 Å². The summed E-state index contributed by atoms with van der Waals surface area (Å²) in [7, 11) is 0. The van der Waals surface area contributed by atoms with E-state index in [-0.39, 0.29) is 17.8 Å². The molecular weight excluding hydrogens is 366 g/mol. The summed E-state index contributed by atoms with van der Waals surface area (Å²) in [5, 5.41) is 4.44. The van der Waals surface area contributed by atoms with Crippen molar-refractivity contribution in [3.05, 3.63) is 35.7 Å². The molecule has 0 bridgehead atoms. The highest BCUT2D eigenvalue weighted by atomic mass is 32.1. The zero-order valence-electron chi connectivity index (χ0n) is 15.3. The van der Waals surface area contributed by atoms with Crippen LogP contribution in [-0.2, 0) is 4.74 Å². The number of hydrogen-bond acceptors (Lipinski definition) is 7. The van der Waals surface area contributed by atoms with Gasteiger partial charge in [-0.25, -0.2) is 4.98 Å². The number of ether oxygens (including phenoxy) is 2. The van der Waals surface area contributed by atoms with Crippen molar-refractivity contribution in [1.29, 1.82) is 0 Å². The molecule has 1 unspecified atom stereocenters. The monoisotopic (exact) mass is 387 g/mol. The Kier molecular flexibility index (Phi) is 5.09. The predicted octanol–water partition coefficient (Wildman–Crippen LogP) is 3.82. The second-order valence-corrected chi connectivity index (χ2v) is 7.42. The molecule has 27 heavy (non-hydrogen) atoms. The number of hydrogen-bond donors (Lipinski definition) is 0. The van der Waals surface area contributed by atoms with Crippen molar-refractivity contribution < 1.29 is 18.8 Å². The zero-order valence-corrected chi connectivity index (χ0v) is 16.1. The zero-order chi connectivity index (χ0) is 18.8. The Labute approximate surface area is 160 Å². The standard InChI is InChI=1S/C19H21N3O4S/c1-3-24-14-7-4-8-16-17(14)20-19(27-16)22(11-13-6-5-9-25-13)18(23)15-10-12(2)21-26-15/h4,7-8,10,13H,3,5-6,9,11H2,1-2H3. The SMILES string of the molecule is CCOc1cccc2sc(N(CC3CCCO3)C(=O)c3cc(C)no3)nc12. The Balaban J connectivity index is 1.72. The van der Waals surface area contributed by atoms with Gasteiger partial charge in [0.2, 0.25) is 5.76 Å². The van der Waals surface area contributed by atoms with Gasteiger partial charge in [0.1, 0.15) is 11.3 Å². The second kappa shape index (κ2) is 7.66. The molecule has 0 spiro atoms. The third kappa shape index (κ3) is 3.68. The molecule has 3 heterocycles. The first-order valence-electron chi connectivity index (χ1n) is 9.05. The van der Waals surface area contributed by atoms with Gasteiger partial charge >= 0.3 is 0 Å². The lowest BCUT2D eigenvalue weighted by atomic mass is 10.2. The van der Waals surface area contributed by atoms with E-state index in [4.69, 9.17) is 19.0 Å². The van der Waals surface area contributed by atoms with Gasteiger partial charge in [0.15, 0.2) is 5.13 Å². The summed E-state index contributed by atoms with van der Waals surface area (Å²) in [6.45, 7) is 5.44. The molecule has 1 aliphatic rings. The van der Waals surface area contributed by atoms with Crippen LogP contribution in [0.2, 0.25) is 0 Å². The van der Waals surface area contributed by atoms with Crippen LogP contribution in [0.1, 0.15) is 36.0 Å². The van der Waals surface area contributed by atoms with Crippen LogP contribution in [-0.4, -0.2) is 41.9 Å². The van der Waals surface area contributed by atoms with E-state index in [2.05, 4.69) is 5.16 Å². The van der Waals surface area contributed by atoms with Crippen molar-refractivity contribution in [3.63, 3.8) is 0 Å². The van der Waals surface area contributed by atoms with Crippen molar-refractivity contribution in [1.82, 2.24) is 10.1 Å². The van der Waals surface area contributed by atoms with E-state index < -0.39 is 0 Å². The van der Waals surface area contributed by atoms with Gasteiger partial charge in [-0.2, -0.15) is 0 Å². The largest absolute Gasteiger partial charge is 0.492 e. The fraction of sp³-hybridized carbons (Fsp3) is 0.421. The van der Waals surface area contributed by atoms with E-state index in [0.717, 1.165) is 35.4 Å². The molecule has 0 saturated carbocycles. The number of aryl methyl sites for hydroxylation is 1. The van der Waals surface area contributed by atoms with Crippen LogP contribution in [0.3, 0.4) is 0 Å². The van der Waals surface area contributed by atoms with Crippen LogP contribution >= 0.6 is 11.3 Å². The van der Waals surface area contributed by atoms with Crippen LogP contribution in [0.15, 0.2) is 28.8 Å². The van der Waals surface area contributed by atoms with Gasteiger partial charge in [-0.05, 0) is 38.8 Å². The second-order valence-electron chi connectivity index (χ2n) is 6.42. The number of carbonyl (C=O) groups excluding carboxylic acids is 1. The van der Waals surface area contributed by atoms with Crippen molar-refractivity contribution in [2.45, 2.75) is 32.8 Å². The Hall–Kier alpha value is -2.45. The lowest BCUT2D eigenvalue weighted by molar-refractivity contribution is 0.0887. The number of fused-ring (bicyclic) bond motifs is 1. The minimum absolute atomic E-state index is 0.00339. The van der Waals surface area contributed by atoms with Crippen molar-refractivity contribution in [2.24, 2.45) is 0 Å². The molecule has 142 valence electrons. The number of rotatable bonds is 6. The molecule has 0 radical (unpaired) electrons. The van der Waals surface area contributed by atoms with E-state index >= 15 is 0 Å². The fourth-order valence-electron chi connectivity index (χ4n) is 3.14. The highest BCUT2D eigenvalue weighted by Crippen LogP contribution is 2.35. The first-order valence-corrected chi connectivity index (χ1v) is 9.86. The van der Waals surface area contributed by atoms with E-state index in [9.17, 15) is 4.79 Å². The molecular formula is C19H21N3O4S. The van der Waals surface area contributed by atoms with Gasteiger partial charge in [0.25, 0.3) is 5.91 Å². The number of aromatic nitrogens is 2. The average molecular weight is 387 g/mol. The third-order valence-electron chi connectivity index (χ3n) is 4.40. The summed E-state index contributed by atoms with van der Waals surface area (Å²) < 4.78 is 17.6. The molecule has 3 aromatic rings. The molecule has 1 aliphatic heterocycles. The summed E-state index contributed by atoms with van der Waals surface area (Å²) in [6.07, 6.45) is 1.92. The Morgan fingerprint density at radius 2 is 2.33 bits per heavy atom. The minimum Gasteiger partial charge on any atom is -0.492 e. The van der Waals surface area contributed by atoms with Crippen LogP contribution in [0.25, 0.3) is 10.2 Å². The number of carbonyl (C=O) groups is 1. The Morgan fingerprint density at radius 1 is 1.44 bits per heavy atom. The maximum atomic E-state index is 13.1. The highest BCUT2D eigenvalue weighted by molar-refractivity contribution is 7.22. The molecule has 2 aromatic heterocycles. The number of thiazole rings is 1. The lowest BCUT2D eigenvalue weighted by Gasteiger charge is -2.21. The molecule has 7 nitrogen and oxygen atoms in total. The molecule has 4 rings (SSSR count). The van der Waals surface area contributed by atoms with E-state index in [0.29, 0.717) is 24.0 Å². The minimum atomic E-state index is -0.261. The summed E-state index contributed by atoms with van der Waals surface area (Å²) in [5.74, 6) is 0.662. The van der Waals surface area contributed by atoms with Crippen molar-refractivity contribution in [2.75, 3.05) is 24.7 Å². The van der Waals surface area contributed by atoms with Gasteiger partial charge in [0, 0.05) is 12.7 Å². The summed E-state index contributed by atoms with van der Waals surface area (Å²) in [4.78, 5) is 19.4. The first kappa shape index (κ1) is 17.9. The van der Waals surface area contributed by atoms with Crippen LogP contribution in [0.4, 0.5) is 5.13 Å². The number of nitrogens with zero attached hydrogens (tertiary/aromatic N) is 3. The van der Waals surface area contributed by atoms with E-state index in [1.165, 1.54) is 11.3 Å². The van der Waals surface area contributed by atoms with Gasteiger partial charge < -0.3 is 14.0 Å². The molecule has 1 saturated heterocycles. The topological polar surface area (TPSA) is 77.7 Å². The normalized spacial score (nSPS) is 16.7. The molecule has 1 fully saturated rings. The van der Waals surface area contributed by atoms with Crippen LogP contribution < -0.4 is 9.64 Å². The van der Waals surface area contributed by atoms with Crippen LogP contribution in [0, 0.1) is 6.92 Å². The number of anilines is 1. The maximum absolute atomic E-state index is 13.1. The lowest BCUT2D eigenvalue weighted by Crippen LogP contribution is -2.37. The smallest absolute Gasteiger partial charge is 0.298 e. The molecule has 0 N–H and O–H groups in total. The van der Waals surface area contributed by atoms with E-state index in [1.807, 2.05) is 25.1 Å². The van der Waals surface area contributed by atoms with Crippen LogP contribution in [0.5, 0.6) is 5.75 Å². The Bertz CT molecular complexity index is 945. The molecule has 1 aromatic carbocycles. The third-order valence-corrected chi connectivity index (χ3v) is 5.44. The summed E-state index contributed by atoms with van der Waals surface area (Å²) >= 11 is 1.45. The molecule has 0 aliphatic carbocycles. The quantitative estimate of drug-likeness (QED) is 0.640. The number of benzene rings is 1. The fourth-order valence-corrected chi connectivity index (χ4v) is 4.13. The van der Waals surface area contributed by atoms with Gasteiger partial charge in [0.05, 0.1) is 29.6 Å². The van der Waals surface area contributed by atoms with E-state index in [1.54, 1.807) is 17.9 Å². The first-order chi connectivity index (χ1) is 13.2. The highest BCUT2D eigenvalue weighted by Gasteiger charge is 2.29. The Morgan fingerprint density at radius 3 is 3.04 bits per heavy atom. The van der Waals surface area contributed by atoms with Crippen molar-refractivity contribution in [3.8, 4) is 5.75 Å². The molecule has 1 amide bonds. The number of para-hydroxylation sites is 1. The molecule has 1 atom stereocenters. The summed E-state index contributed by atoms with van der Waals surface area (Å²) in [6, 6.07) is 7.44. The molecule has 8 heteroatoms. The maximum Gasteiger partial charge on any atom is 0.298 e. The average Bonchev–Trinajstić information content (AvgIpc) is 3.40.